The lowest BCUT2D eigenvalue weighted by atomic mass is 10.3. The molecule has 1 fully saturated rings. The topological polar surface area (TPSA) is 12.5 Å². The third kappa shape index (κ3) is 2.07. The second-order valence-corrected chi connectivity index (χ2v) is 2.60. The van der Waals surface area contributed by atoms with Crippen molar-refractivity contribution in [1.29, 1.82) is 0 Å². The lowest BCUT2D eigenvalue weighted by Gasteiger charge is -2.33. The van der Waals surface area contributed by atoms with Crippen LogP contribution in [0, 0.1) is 0 Å². The predicted octanol–water partition coefficient (Wildman–Crippen LogP) is 1.23. The Balaban J connectivity index is 2.55. The molecular formula is C6H10F3NO. The van der Waals surface area contributed by atoms with Crippen LogP contribution in [-0.2, 0) is 4.74 Å². The summed E-state index contributed by atoms with van der Waals surface area (Å²) in [6.07, 6.45) is -5.28. The third-order valence-electron chi connectivity index (χ3n) is 1.61. The van der Waals surface area contributed by atoms with E-state index in [9.17, 15) is 13.2 Å². The molecule has 0 spiro atoms. The van der Waals surface area contributed by atoms with Crippen LogP contribution in [0.4, 0.5) is 13.2 Å². The van der Waals surface area contributed by atoms with Gasteiger partial charge >= 0.3 is 6.18 Å². The zero-order valence-corrected chi connectivity index (χ0v) is 6.19. The fourth-order valence-corrected chi connectivity index (χ4v) is 1.10. The molecule has 2 nitrogen and oxygen atoms in total. The summed E-state index contributed by atoms with van der Waals surface area (Å²) in [5.74, 6) is 0. The van der Waals surface area contributed by atoms with Crippen molar-refractivity contribution in [3.63, 3.8) is 0 Å². The summed E-state index contributed by atoms with van der Waals surface area (Å²) < 4.78 is 40.6. The maximum absolute atomic E-state index is 12.0. The molecule has 1 aliphatic heterocycles. The summed E-state index contributed by atoms with van der Waals surface area (Å²) >= 11 is 0. The maximum Gasteiger partial charge on any atom is 0.428 e. The van der Waals surface area contributed by atoms with E-state index >= 15 is 0 Å². The maximum atomic E-state index is 12.0. The van der Waals surface area contributed by atoms with Gasteiger partial charge in [0.25, 0.3) is 0 Å². The summed E-state index contributed by atoms with van der Waals surface area (Å²) in [7, 11) is 1.41. The van der Waals surface area contributed by atoms with E-state index in [0.717, 1.165) is 0 Å². The number of nitrogens with zero attached hydrogens (tertiary/aromatic N) is 1. The van der Waals surface area contributed by atoms with E-state index in [0.29, 0.717) is 13.0 Å². The molecule has 1 saturated heterocycles. The first-order valence-electron chi connectivity index (χ1n) is 3.40. The number of hydrogen-bond donors (Lipinski definition) is 0. The summed E-state index contributed by atoms with van der Waals surface area (Å²) in [5.41, 5.74) is 0. The van der Waals surface area contributed by atoms with Crippen LogP contribution in [0.1, 0.15) is 6.42 Å². The van der Waals surface area contributed by atoms with Crippen LogP contribution >= 0.6 is 0 Å². The average molecular weight is 169 g/mol. The van der Waals surface area contributed by atoms with Crippen LogP contribution in [0.5, 0.6) is 0 Å². The molecule has 5 heteroatoms. The van der Waals surface area contributed by atoms with Gasteiger partial charge in [-0.25, -0.2) is 0 Å². The van der Waals surface area contributed by atoms with Crippen molar-refractivity contribution in [3.8, 4) is 0 Å². The summed E-state index contributed by atoms with van der Waals surface area (Å²) in [6.45, 7) is 0.651. The normalized spacial score (nSPS) is 28.9. The smallest absolute Gasteiger partial charge is 0.354 e. The fraction of sp³-hybridized carbons (Fsp3) is 1.00. The van der Waals surface area contributed by atoms with Crippen LogP contribution in [-0.4, -0.2) is 37.5 Å². The summed E-state index contributed by atoms with van der Waals surface area (Å²) in [6, 6.07) is 0. The highest BCUT2D eigenvalue weighted by molar-refractivity contribution is 4.70. The molecule has 1 heterocycles. The Labute approximate surface area is 62.9 Å². The van der Waals surface area contributed by atoms with Crippen molar-refractivity contribution in [1.82, 2.24) is 4.90 Å². The molecule has 0 bridgehead atoms. The lowest BCUT2D eigenvalue weighted by molar-refractivity contribution is -0.274. The van der Waals surface area contributed by atoms with Crippen LogP contribution in [0.3, 0.4) is 0 Å². The number of hydrogen-bond acceptors (Lipinski definition) is 2. The van der Waals surface area contributed by atoms with Crippen LogP contribution in [0.25, 0.3) is 0 Å². The Morgan fingerprint density at radius 1 is 1.45 bits per heavy atom. The van der Waals surface area contributed by atoms with Gasteiger partial charge < -0.3 is 4.74 Å². The Morgan fingerprint density at radius 3 is 2.45 bits per heavy atom. The molecule has 0 radical (unpaired) electrons. The van der Waals surface area contributed by atoms with Crippen LogP contribution in [0.2, 0.25) is 0 Å². The first kappa shape index (κ1) is 8.80. The van der Waals surface area contributed by atoms with Gasteiger partial charge in [0.2, 0.25) is 6.23 Å². The van der Waals surface area contributed by atoms with E-state index in [2.05, 4.69) is 4.74 Å². The highest BCUT2D eigenvalue weighted by Crippen LogP contribution is 2.26. The minimum atomic E-state index is -4.25. The molecule has 1 atom stereocenters. The van der Waals surface area contributed by atoms with Gasteiger partial charge in [0.05, 0.1) is 6.61 Å². The quantitative estimate of drug-likeness (QED) is 0.540. The standard InChI is InChI=1S/C6H10F3NO/c1-10-3-2-4-11-5(10)6(7,8)9/h5H,2-4H2,1H3. The van der Waals surface area contributed by atoms with Gasteiger partial charge in [0, 0.05) is 6.54 Å². The first-order valence-corrected chi connectivity index (χ1v) is 3.40. The number of ether oxygens (including phenoxy) is 1. The minimum absolute atomic E-state index is 0.203. The lowest BCUT2D eigenvalue weighted by Crippen LogP contribution is -2.49. The van der Waals surface area contributed by atoms with E-state index < -0.39 is 12.4 Å². The van der Waals surface area contributed by atoms with Crippen molar-refractivity contribution in [2.45, 2.75) is 18.8 Å². The molecule has 66 valence electrons. The molecule has 0 aromatic carbocycles. The molecule has 0 aromatic rings. The van der Waals surface area contributed by atoms with Crippen LogP contribution < -0.4 is 0 Å². The number of alkyl halides is 3. The van der Waals surface area contributed by atoms with E-state index in [1.54, 1.807) is 0 Å². The zero-order valence-electron chi connectivity index (χ0n) is 6.19. The van der Waals surface area contributed by atoms with E-state index in [4.69, 9.17) is 0 Å². The monoisotopic (exact) mass is 169 g/mol. The van der Waals surface area contributed by atoms with E-state index in [-0.39, 0.29) is 6.61 Å². The summed E-state index contributed by atoms with van der Waals surface area (Å²) in [4.78, 5) is 1.17. The molecule has 1 aliphatic rings. The molecule has 1 rings (SSSR count). The minimum Gasteiger partial charge on any atom is -0.354 e. The zero-order chi connectivity index (χ0) is 8.48. The molecule has 0 aliphatic carbocycles. The van der Waals surface area contributed by atoms with Gasteiger partial charge in [-0.3, -0.25) is 4.90 Å². The Hall–Kier alpha value is -0.290. The molecule has 0 aromatic heterocycles. The molecule has 0 N–H and O–H groups in total. The number of rotatable bonds is 0. The van der Waals surface area contributed by atoms with Crippen molar-refractivity contribution >= 4 is 0 Å². The molecular weight excluding hydrogens is 159 g/mol. The largest absolute Gasteiger partial charge is 0.428 e. The Bertz CT molecular complexity index is 136. The highest BCUT2D eigenvalue weighted by atomic mass is 19.4. The second-order valence-electron chi connectivity index (χ2n) is 2.60. The summed E-state index contributed by atoms with van der Waals surface area (Å²) in [5, 5.41) is 0. The van der Waals surface area contributed by atoms with Gasteiger partial charge in [-0.05, 0) is 13.5 Å². The van der Waals surface area contributed by atoms with Gasteiger partial charge in [-0.1, -0.05) is 0 Å². The predicted molar refractivity (Wildman–Crippen MR) is 33.0 cm³/mol. The number of halogens is 3. The van der Waals surface area contributed by atoms with Gasteiger partial charge in [-0.15, -0.1) is 0 Å². The molecule has 0 saturated carbocycles. The molecule has 1 unspecified atom stereocenters. The van der Waals surface area contributed by atoms with Gasteiger partial charge in [0.1, 0.15) is 0 Å². The van der Waals surface area contributed by atoms with Crippen LogP contribution in [0.15, 0.2) is 0 Å². The Morgan fingerprint density at radius 2 is 2.09 bits per heavy atom. The van der Waals surface area contributed by atoms with Gasteiger partial charge in [-0.2, -0.15) is 13.2 Å². The van der Waals surface area contributed by atoms with Crippen molar-refractivity contribution in [2.24, 2.45) is 0 Å². The Kier molecular flexibility index (Phi) is 2.39. The fourth-order valence-electron chi connectivity index (χ4n) is 1.10. The first-order chi connectivity index (χ1) is 5.02. The van der Waals surface area contributed by atoms with Gasteiger partial charge in [0.15, 0.2) is 0 Å². The molecule has 0 amide bonds. The van der Waals surface area contributed by atoms with Crippen molar-refractivity contribution in [3.05, 3.63) is 0 Å². The third-order valence-corrected chi connectivity index (χ3v) is 1.61. The van der Waals surface area contributed by atoms with E-state index in [1.807, 2.05) is 0 Å². The van der Waals surface area contributed by atoms with Crippen molar-refractivity contribution in [2.75, 3.05) is 20.2 Å². The second kappa shape index (κ2) is 2.98. The average Bonchev–Trinajstić information content (AvgIpc) is 1.86. The van der Waals surface area contributed by atoms with E-state index in [1.165, 1.54) is 11.9 Å². The van der Waals surface area contributed by atoms with Crippen molar-refractivity contribution < 1.29 is 17.9 Å². The highest BCUT2D eigenvalue weighted by Gasteiger charge is 2.44. The molecule has 11 heavy (non-hydrogen) atoms. The SMILES string of the molecule is CN1CCCOC1C(F)(F)F.